The van der Waals surface area contributed by atoms with Gasteiger partial charge in [-0.05, 0) is 36.6 Å². The quantitative estimate of drug-likeness (QED) is 0.848. The first-order chi connectivity index (χ1) is 8.09. The van der Waals surface area contributed by atoms with Gasteiger partial charge in [-0.1, -0.05) is 42.0 Å². The van der Waals surface area contributed by atoms with Crippen LogP contribution in [0, 0.1) is 13.8 Å². The third-order valence-electron chi connectivity index (χ3n) is 2.84. The summed E-state index contributed by atoms with van der Waals surface area (Å²) in [6.07, 6.45) is 0. The van der Waals surface area contributed by atoms with E-state index < -0.39 is 5.97 Å². The van der Waals surface area contributed by atoms with Gasteiger partial charge in [-0.25, -0.2) is 4.79 Å². The summed E-state index contributed by atoms with van der Waals surface area (Å²) in [5.41, 5.74) is 4.33. The lowest BCUT2D eigenvalue weighted by Gasteiger charge is -2.10. The molecule has 0 aliphatic rings. The number of benzene rings is 2. The monoisotopic (exact) mass is 226 g/mol. The van der Waals surface area contributed by atoms with Crippen molar-refractivity contribution in [1.29, 1.82) is 0 Å². The van der Waals surface area contributed by atoms with Crippen LogP contribution in [0.25, 0.3) is 11.1 Å². The van der Waals surface area contributed by atoms with Crippen LogP contribution in [0.3, 0.4) is 0 Å². The molecule has 17 heavy (non-hydrogen) atoms. The molecular weight excluding hydrogens is 212 g/mol. The Bertz CT molecular complexity index is 571. The van der Waals surface area contributed by atoms with Crippen LogP contribution in [0.1, 0.15) is 21.5 Å². The molecule has 2 aromatic carbocycles. The highest BCUT2D eigenvalue weighted by molar-refractivity contribution is 5.96. The molecule has 0 fully saturated rings. The summed E-state index contributed by atoms with van der Waals surface area (Å²) in [5, 5.41) is 9.19. The average Bonchev–Trinajstić information content (AvgIpc) is 2.32. The van der Waals surface area contributed by atoms with E-state index in [4.69, 9.17) is 0 Å². The van der Waals surface area contributed by atoms with Gasteiger partial charge >= 0.3 is 5.97 Å². The molecule has 0 aromatic heterocycles. The molecule has 0 saturated carbocycles. The number of carboxylic acids is 1. The highest BCUT2D eigenvalue weighted by Crippen LogP contribution is 2.27. The molecule has 0 saturated heterocycles. The first kappa shape index (κ1) is 11.4. The van der Waals surface area contributed by atoms with Crippen LogP contribution >= 0.6 is 0 Å². The molecule has 2 rings (SSSR count). The second-order valence-electron chi connectivity index (χ2n) is 4.17. The lowest BCUT2D eigenvalue weighted by atomic mass is 9.94. The number of carbonyl (C=O) groups is 1. The van der Waals surface area contributed by atoms with E-state index in [0.29, 0.717) is 5.56 Å². The predicted molar refractivity (Wildman–Crippen MR) is 68.3 cm³/mol. The number of aryl methyl sites for hydroxylation is 2. The van der Waals surface area contributed by atoms with Crippen LogP contribution in [0.4, 0.5) is 0 Å². The van der Waals surface area contributed by atoms with Crippen LogP contribution in [0.5, 0.6) is 0 Å². The maximum atomic E-state index is 11.2. The molecule has 86 valence electrons. The van der Waals surface area contributed by atoms with Gasteiger partial charge in [-0.15, -0.1) is 0 Å². The molecule has 0 amide bonds. The number of carboxylic acid groups (broad SMARTS) is 1. The van der Waals surface area contributed by atoms with Crippen molar-refractivity contribution in [3.8, 4) is 11.1 Å². The highest BCUT2D eigenvalue weighted by atomic mass is 16.4. The fourth-order valence-electron chi connectivity index (χ4n) is 1.93. The van der Waals surface area contributed by atoms with Crippen LogP contribution < -0.4 is 0 Å². The van der Waals surface area contributed by atoms with E-state index in [9.17, 15) is 9.90 Å². The zero-order valence-electron chi connectivity index (χ0n) is 9.90. The SMILES string of the molecule is Cc1ccc(C)c(-c2ccccc2C(=O)O)c1. The van der Waals surface area contributed by atoms with Crippen molar-refractivity contribution in [1.82, 2.24) is 0 Å². The Morgan fingerprint density at radius 3 is 2.41 bits per heavy atom. The van der Waals surface area contributed by atoms with Crippen LogP contribution in [-0.2, 0) is 0 Å². The van der Waals surface area contributed by atoms with Crippen molar-refractivity contribution in [2.45, 2.75) is 13.8 Å². The Hall–Kier alpha value is -2.09. The molecule has 0 spiro atoms. The molecular formula is C15H14O2. The molecule has 2 aromatic rings. The van der Waals surface area contributed by atoms with E-state index in [-0.39, 0.29) is 0 Å². The molecule has 0 unspecified atom stereocenters. The summed E-state index contributed by atoms with van der Waals surface area (Å²) < 4.78 is 0. The molecule has 2 nitrogen and oxygen atoms in total. The largest absolute Gasteiger partial charge is 0.478 e. The minimum Gasteiger partial charge on any atom is -0.478 e. The first-order valence-corrected chi connectivity index (χ1v) is 5.49. The van der Waals surface area contributed by atoms with E-state index in [1.54, 1.807) is 12.1 Å². The zero-order valence-corrected chi connectivity index (χ0v) is 9.90. The van der Waals surface area contributed by atoms with Gasteiger partial charge in [0.2, 0.25) is 0 Å². The maximum Gasteiger partial charge on any atom is 0.336 e. The Labute approximate surface area is 101 Å². The predicted octanol–water partition coefficient (Wildman–Crippen LogP) is 3.67. The number of rotatable bonds is 2. The van der Waals surface area contributed by atoms with E-state index in [0.717, 1.165) is 22.3 Å². The van der Waals surface area contributed by atoms with Crippen molar-refractivity contribution >= 4 is 5.97 Å². The summed E-state index contributed by atoms with van der Waals surface area (Å²) in [4.78, 5) is 11.2. The van der Waals surface area contributed by atoms with Gasteiger partial charge in [0.1, 0.15) is 0 Å². The van der Waals surface area contributed by atoms with Gasteiger partial charge in [0.15, 0.2) is 0 Å². The van der Waals surface area contributed by atoms with Gasteiger partial charge in [-0.3, -0.25) is 0 Å². The molecule has 0 radical (unpaired) electrons. The fraction of sp³-hybridized carbons (Fsp3) is 0.133. The van der Waals surface area contributed by atoms with Gasteiger partial charge in [0.25, 0.3) is 0 Å². The van der Waals surface area contributed by atoms with Crippen molar-refractivity contribution in [2.24, 2.45) is 0 Å². The average molecular weight is 226 g/mol. The molecule has 0 atom stereocenters. The van der Waals surface area contributed by atoms with Crippen LogP contribution in [0.2, 0.25) is 0 Å². The Morgan fingerprint density at radius 1 is 1.00 bits per heavy atom. The standard InChI is InChI=1S/C15H14O2/c1-10-7-8-11(2)14(9-10)12-5-3-4-6-13(12)15(16)17/h3-9H,1-2H3,(H,16,17). The van der Waals surface area contributed by atoms with E-state index in [1.807, 2.05) is 44.2 Å². The van der Waals surface area contributed by atoms with Gasteiger partial charge in [0, 0.05) is 0 Å². The summed E-state index contributed by atoms with van der Waals surface area (Å²) in [6.45, 7) is 4.00. The second-order valence-corrected chi connectivity index (χ2v) is 4.17. The Balaban J connectivity index is 2.68. The molecule has 0 heterocycles. The maximum absolute atomic E-state index is 11.2. The van der Waals surface area contributed by atoms with Gasteiger partial charge < -0.3 is 5.11 Å². The lowest BCUT2D eigenvalue weighted by molar-refractivity contribution is 0.0698. The van der Waals surface area contributed by atoms with Crippen molar-refractivity contribution in [2.75, 3.05) is 0 Å². The normalized spacial score (nSPS) is 10.2. The van der Waals surface area contributed by atoms with Crippen LogP contribution in [0.15, 0.2) is 42.5 Å². The third-order valence-corrected chi connectivity index (χ3v) is 2.84. The minimum absolute atomic E-state index is 0.348. The Kier molecular flexibility index (Phi) is 2.96. The minimum atomic E-state index is -0.887. The molecule has 0 aliphatic heterocycles. The zero-order chi connectivity index (χ0) is 12.4. The molecule has 1 N–H and O–H groups in total. The summed E-state index contributed by atoms with van der Waals surface area (Å²) in [7, 11) is 0. The van der Waals surface area contributed by atoms with Crippen molar-refractivity contribution < 1.29 is 9.90 Å². The highest BCUT2D eigenvalue weighted by Gasteiger charge is 2.12. The molecule has 0 bridgehead atoms. The van der Waals surface area contributed by atoms with E-state index >= 15 is 0 Å². The first-order valence-electron chi connectivity index (χ1n) is 5.49. The number of hydrogen-bond acceptors (Lipinski definition) is 1. The third kappa shape index (κ3) is 2.21. The summed E-state index contributed by atoms with van der Waals surface area (Å²) in [5.74, 6) is -0.887. The number of aromatic carboxylic acids is 1. The van der Waals surface area contributed by atoms with Crippen LogP contribution in [-0.4, -0.2) is 11.1 Å². The topological polar surface area (TPSA) is 37.3 Å². The summed E-state index contributed by atoms with van der Waals surface area (Å²) >= 11 is 0. The van der Waals surface area contributed by atoms with Gasteiger partial charge in [-0.2, -0.15) is 0 Å². The van der Waals surface area contributed by atoms with Crippen molar-refractivity contribution in [3.05, 3.63) is 59.2 Å². The van der Waals surface area contributed by atoms with E-state index in [1.165, 1.54) is 0 Å². The van der Waals surface area contributed by atoms with Crippen molar-refractivity contribution in [3.63, 3.8) is 0 Å². The summed E-state index contributed by atoms with van der Waals surface area (Å²) in [6, 6.07) is 13.2. The van der Waals surface area contributed by atoms with Gasteiger partial charge in [0.05, 0.1) is 5.56 Å². The number of hydrogen-bond donors (Lipinski definition) is 1. The fourth-order valence-corrected chi connectivity index (χ4v) is 1.93. The molecule has 2 heteroatoms. The second kappa shape index (κ2) is 4.42. The molecule has 0 aliphatic carbocycles. The van der Waals surface area contributed by atoms with E-state index in [2.05, 4.69) is 0 Å². The smallest absolute Gasteiger partial charge is 0.336 e. The Morgan fingerprint density at radius 2 is 1.71 bits per heavy atom. The lowest BCUT2D eigenvalue weighted by Crippen LogP contribution is -2.00.